The Labute approximate surface area is 112 Å². The molecule has 0 bridgehead atoms. The van der Waals surface area contributed by atoms with Gasteiger partial charge in [0.1, 0.15) is 5.82 Å². The van der Waals surface area contributed by atoms with Crippen molar-refractivity contribution in [1.29, 1.82) is 0 Å². The molecule has 2 rings (SSSR count). The lowest BCUT2D eigenvalue weighted by molar-refractivity contribution is 0.174. The zero-order valence-electron chi connectivity index (χ0n) is 10.8. The Morgan fingerprint density at radius 2 is 2.05 bits per heavy atom. The van der Waals surface area contributed by atoms with Gasteiger partial charge in [-0.2, -0.15) is 0 Å². The summed E-state index contributed by atoms with van der Waals surface area (Å²) < 4.78 is 12.7. The topological polar surface area (TPSA) is 52.6 Å². The van der Waals surface area contributed by atoms with Gasteiger partial charge in [-0.25, -0.2) is 9.18 Å². The highest BCUT2D eigenvalue weighted by molar-refractivity contribution is 5.74. The number of amides is 2. The number of carbonyl (C=O) groups is 1. The molecule has 2 N–H and O–H groups in total. The van der Waals surface area contributed by atoms with Gasteiger partial charge in [-0.15, -0.1) is 0 Å². The van der Waals surface area contributed by atoms with Gasteiger partial charge in [0.05, 0.1) is 6.61 Å². The Kier molecular flexibility index (Phi) is 4.74. The molecule has 5 heteroatoms. The number of aliphatic hydroxyl groups is 1. The minimum Gasteiger partial charge on any atom is -0.395 e. The molecule has 0 spiro atoms. The minimum absolute atomic E-state index is 0.0120. The van der Waals surface area contributed by atoms with Crippen LogP contribution in [0.5, 0.6) is 0 Å². The number of nitrogens with zero attached hydrogens (tertiary/aromatic N) is 1. The maximum Gasteiger partial charge on any atom is 0.317 e. The number of urea groups is 1. The summed E-state index contributed by atoms with van der Waals surface area (Å²) in [5.74, 6) is -0.254. The highest BCUT2D eigenvalue weighted by Gasteiger charge is 2.31. The van der Waals surface area contributed by atoms with E-state index in [4.69, 9.17) is 5.11 Å². The molecule has 0 saturated heterocycles. The fourth-order valence-electron chi connectivity index (χ4n) is 2.01. The average Bonchev–Trinajstić information content (AvgIpc) is 3.22. The fourth-order valence-corrected chi connectivity index (χ4v) is 2.01. The van der Waals surface area contributed by atoms with E-state index >= 15 is 0 Å². The minimum atomic E-state index is -0.254. The van der Waals surface area contributed by atoms with E-state index in [1.54, 1.807) is 17.0 Å². The van der Waals surface area contributed by atoms with Crippen molar-refractivity contribution >= 4 is 6.03 Å². The molecule has 1 aliphatic carbocycles. The molecule has 4 nitrogen and oxygen atoms in total. The summed E-state index contributed by atoms with van der Waals surface area (Å²) >= 11 is 0. The molecule has 0 radical (unpaired) electrons. The molecule has 0 unspecified atom stereocenters. The first-order valence-corrected chi connectivity index (χ1v) is 6.60. The van der Waals surface area contributed by atoms with Crippen molar-refractivity contribution in [1.82, 2.24) is 10.2 Å². The fraction of sp³-hybridized carbons (Fsp3) is 0.500. The molecule has 104 valence electrons. The first-order chi connectivity index (χ1) is 9.20. The van der Waals surface area contributed by atoms with E-state index in [1.807, 2.05) is 0 Å². The van der Waals surface area contributed by atoms with Crippen LogP contribution in [0.25, 0.3) is 0 Å². The molecule has 1 fully saturated rings. The number of carbonyl (C=O) groups excluding carboxylic acids is 1. The van der Waals surface area contributed by atoms with Crippen LogP contribution in [0.15, 0.2) is 24.3 Å². The third-order valence-corrected chi connectivity index (χ3v) is 3.19. The number of nitrogens with one attached hydrogen (secondary N) is 1. The SMILES string of the molecule is O=C(NCCc1ccc(F)cc1)N(CCO)C1CC1. The van der Waals surface area contributed by atoms with E-state index in [2.05, 4.69) is 5.32 Å². The van der Waals surface area contributed by atoms with Crippen LogP contribution in [0.4, 0.5) is 9.18 Å². The molecule has 0 aromatic heterocycles. The zero-order valence-corrected chi connectivity index (χ0v) is 10.8. The first kappa shape index (κ1) is 13.8. The number of hydrogen-bond acceptors (Lipinski definition) is 2. The van der Waals surface area contributed by atoms with E-state index in [1.165, 1.54) is 12.1 Å². The van der Waals surface area contributed by atoms with Crippen LogP contribution in [0.1, 0.15) is 18.4 Å². The molecule has 1 aromatic carbocycles. The largest absolute Gasteiger partial charge is 0.395 e. The van der Waals surface area contributed by atoms with E-state index in [0.717, 1.165) is 18.4 Å². The Bertz CT molecular complexity index is 418. The van der Waals surface area contributed by atoms with Crippen molar-refractivity contribution in [2.24, 2.45) is 0 Å². The Morgan fingerprint density at radius 3 is 2.63 bits per heavy atom. The van der Waals surface area contributed by atoms with Crippen LogP contribution in [0.3, 0.4) is 0 Å². The number of benzene rings is 1. The molecule has 2 amide bonds. The maximum atomic E-state index is 12.7. The van der Waals surface area contributed by atoms with Crippen LogP contribution in [0.2, 0.25) is 0 Å². The predicted octanol–water partition coefficient (Wildman–Crippen LogP) is 1.53. The van der Waals surface area contributed by atoms with Crippen molar-refractivity contribution in [3.63, 3.8) is 0 Å². The van der Waals surface area contributed by atoms with Crippen LogP contribution >= 0.6 is 0 Å². The molecular formula is C14H19FN2O2. The van der Waals surface area contributed by atoms with Gasteiger partial charge in [-0.05, 0) is 37.0 Å². The summed E-state index contributed by atoms with van der Waals surface area (Å²) in [6.45, 7) is 0.883. The lowest BCUT2D eigenvalue weighted by Gasteiger charge is -2.21. The molecular weight excluding hydrogens is 247 g/mol. The summed E-state index contributed by atoms with van der Waals surface area (Å²) in [5.41, 5.74) is 0.988. The lowest BCUT2D eigenvalue weighted by atomic mass is 10.1. The van der Waals surface area contributed by atoms with Crippen molar-refractivity contribution < 1.29 is 14.3 Å². The molecule has 1 saturated carbocycles. The number of aliphatic hydroxyl groups excluding tert-OH is 1. The van der Waals surface area contributed by atoms with Gasteiger partial charge in [0.2, 0.25) is 0 Å². The quantitative estimate of drug-likeness (QED) is 0.820. The molecule has 0 atom stereocenters. The smallest absolute Gasteiger partial charge is 0.317 e. The Balaban J connectivity index is 1.75. The molecule has 19 heavy (non-hydrogen) atoms. The number of rotatable bonds is 6. The summed E-state index contributed by atoms with van der Waals surface area (Å²) in [7, 11) is 0. The normalized spacial score (nSPS) is 14.2. The van der Waals surface area contributed by atoms with Gasteiger partial charge >= 0.3 is 6.03 Å². The number of halogens is 1. The summed E-state index contributed by atoms with van der Waals surface area (Å²) in [6.07, 6.45) is 2.71. The van der Waals surface area contributed by atoms with E-state index < -0.39 is 0 Å². The molecule has 1 aliphatic rings. The highest BCUT2D eigenvalue weighted by Crippen LogP contribution is 2.26. The average molecular weight is 266 g/mol. The first-order valence-electron chi connectivity index (χ1n) is 6.60. The highest BCUT2D eigenvalue weighted by atomic mass is 19.1. The second-order valence-corrected chi connectivity index (χ2v) is 4.76. The van der Waals surface area contributed by atoms with Crippen molar-refractivity contribution in [2.75, 3.05) is 19.7 Å². The van der Waals surface area contributed by atoms with Gasteiger partial charge in [-0.1, -0.05) is 12.1 Å². The summed E-state index contributed by atoms with van der Waals surface area (Å²) in [4.78, 5) is 13.6. The van der Waals surface area contributed by atoms with Gasteiger partial charge < -0.3 is 15.3 Å². The van der Waals surface area contributed by atoms with E-state index in [0.29, 0.717) is 19.5 Å². The van der Waals surface area contributed by atoms with Crippen molar-refractivity contribution in [3.05, 3.63) is 35.6 Å². The third-order valence-electron chi connectivity index (χ3n) is 3.19. The van der Waals surface area contributed by atoms with E-state index in [9.17, 15) is 9.18 Å². The van der Waals surface area contributed by atoms with Gasteiger partial charge in [0, 0.05) is 19.1 Å². The second-order valence-electron chi connectivity index (χ2n) is 4.76. The zero-order chi connectivity index (χ0) is 13.7. The lowest BCUT2D eigenvalue weighted by Crippen LogP contribution is -2.43. The van der Waals surface area contributed by atoms with Crippen molar-refractivity contribution in [3.8, 4) is 0 Å². The third kappa shape index (κ3) is 4.21. The monoisotopic (exact) mass is 266 g/mol. The second kappa shape index (κ2) is 6.52. The maximum absolute atomic E-state index is 12.7. The standard InChI is InChI=1S/C14H19FN2O2/c15-12-3-1-11(2-4-12)7-8-16-14(19)17(9-10-18)13-5-6-13/h1-4,13,18H,5-10H2,(H,16,19). The Morgan fingerprint density at radius 1 is 1.37 bits per heavy atom. The van der Waals surface area contributed by atoms with Gasteiger partial charge in [0.15, 0.2) is 0 Å². The molecule has 1 aromatic rings. The molecule has 0 heterocycles. The van der Waals surface area contributed by atoms with Crippen LogP contribution in [-0.2, 0) is 6.42 Å². The van der Waals surface area contributed by atoms with Crippen LogP contribution in [-0.4, -0.2) is 41.8 Å². The van der Waals surface area contributed by atoms with Gasteiger partial charge in [-0.3, -0.25) is 0 Å². The Hall–Kier alpha value is -1.62. The molecule has 0 aliphatic heterocycles. The van der Waals surface area contributed by atoms with Crippen molar-refractivity contribution in [2.45, 2.75) is 25.3 Å². The number of hydrogen-bond donors (Lipinski definition) is 2. The van der Waals surface area contributed by atoms with Gasteiger partial charge in [0.25, 0.3) is 0 Å². The van der Waals surface area contributed by atoms with Crippen LogP contribution in [0, 0.1) is 5.82 Å². The van der Waals surface area contributed by atoms with E-state index in [-0.39, 0.29) is 24.5 Å². The van der Waals surface area contributed by atoms with Crippen LogP contribution < -0.4 is 5.32 Å². The summed E-state index contributed by atoms with van der Waals surface area (Å²) in [6, 6.07) is 6.43. The summed E-state index contributed by atoms with van der Waals surface area (Å²) in [5, 5.41) is 11.8. The predicted molar refractivity (Wildman–Crippen MR) is 70.3 cm³/mol.